The first-order chi connectivity index (χ1) is 27.7. The van der Waals surface area contributed by atoms with E-state index >= 15 is 8.78 Å². The van der Waals surface area contributed by atoms with Crippen molar-refractivity contribution in [3.8, 4) is 0 Å². The fraction of sp³-hybridized carbons (Fsp3) is 0.545. The molecule has 2 N–H and O–H groups in total. The van der Waals surface area contributed by atoms with Gasteiger partial charge in [0.05, 0.1) is 48.7 Å². The number of anilines is 1. The summed E-state index contributed by atoms with van der Waals surface area (Å²) in [5.74, 6) is -0.203. The molecule has 3 atom stereocenters. The molecule has 4 aliphatic heterocycles. The normalized spacial score (nSPS) is 24.6. The summed E-state index contributed by atoms with van der Waals surface area (Å²) in [6, 6.07) is 19.3. The number of methoxy groups -OCH3 is 1. The van der Waals surface area contributed by atoms with E-state index in [-0.39, 0.29) is 65.6 Å². The van der Waals surface area contributed by atoms with Gasteiger partial charge < -0.3 is 29.9 Å². The number of hydrogen-bond donors (Lipinski definition) is 2. The number of β-amino-alcohol motifs (C(OH)–C–C–N with tert-alkyl or cyclic N) is 1. The van der Waals surface area contributed by atoms with E-state index in [0.29, 0.717) is 12.1 Å². The highest BCUT2D eigenvalue weighted by Gasteiger charge is 2.54. The van der Waals surface area contributed by atoms with Crippen molar-refractivity contribution in [2.75, 3.05) is 77.5 Å². The van der Waals surface area contributed by atoms with Crippen molar-refractivity contribution in [2.45, 2.75) is 78.0 Å². The molecule has 5 aliphatic rings. The van der Waals surface area contributed by atoms with Crippen LogP contribution in [0.3, 0.4) is 0 Å². The zero-order valence-electron chi connectivity index (χ0n) is 33.4. The number of nitrogens with one attached hydrogen (secondary N) is 1. The Hall–Kier alpha value is -4.11. The molecular formula is C44H55F2N5O6S. The van der Waals surface area contributed by atoms with E-state index in [2.05, 4.69) is 21.2 Å². The maximum absolute atomic E-state index is 16.3. The summed E-state index contributed by atoms with van der Waals surface area (Å²) in [7, 11) is -2.47. The van der Waals surface area contributed by atoms with E-state index in [1.807, 2.05) is 4.90 Å². The first kappa shape index (κ1) is 40.7. The van der Waals surface area contributed by atoms with Crippen LogP contribution in [0.15, 0.2) is 82.6 Å². The van der Waals surface area contributed by atoms with Crippen LogP contribution in [0.2, 0.25) is 0 Å². The Labute approximate surface area is 340 Å². The van der Waals surface area contributed by atoms with Gasteiger partial charge in [0.2, 0.25) is 9.84 Å². The van der Waals surface area contributed by atoms with Crippen molar-refractivity contribution in [1.82, 2.24) is 20.0 Å². The molecule has 5 fully saturated rings. The van der Waals surface area contributed by atoms with Crippen molar-refractivity contribution in [2.24, 2.45) is 11.8 Å². The molecule has 8 rings (SSSR count). The molecule has 312 valence electrons. The molecule has 14 heteroatoms. The van der Waals surface area contributed by atoms with Crippen LogP contribution in [-0.4, -0.2) is 130 Å². The number of aliphatic hydroxyl groups is 1. The minimum Gasteiger partial charge on any atom is -0.453 e. The number of sulfone groups is 1. The fourth-order valence-corrected chi connectivity index (χ4v) is 11.8. The molecular weight excluding hydrogens is 765 g/mol. The number of hydrogen-bond acceptors (Lipinski definition) is 9. The third kappa shape index (κ3) is 7.97. The van der Waals surface area contributed by atoms with E-state index in [9.17, 15) is 23.1 Å². The quantitative estimate of drug-likeness (QED) is 0.252. The molecule has 0 aromatic heterocycles. The predicted octanol–water partition coefficient (Wildman–Crippen LogP) is 5.27. The second-order valence-corrected chi connectivity index (χ2v) is 19.6. The zero-order chi connectivity index (χ0) is 40.9. The van der Waals surface area contributed by atoms with Crippen LogP contribution in [0.1, 0.15) is 61.4 Å². The van der Waals surface area contributed by atoms with Crippen molar-refractivity contribution in [3.63, 3.8) is 0 Å². The van der Waals surface area contributed by atoms with Crippen LogP contribution in [0.25, 0.3) is 0 Å². The average Bonchev–Trinajstić information content (AvgIpc) is 3.64. The Balaban J connectivity index is 0.901. The number of ether oxygens (including phenoxy) is 1. The average molecular weight is 820 g/mol. The number of benzene rings is 3. The number of piperidine rings is 1. The van der Waals surface area contributed by atoms with Crippen molar-refractivity contribution >= 4 is 27.5 Å². The fourth-order valence-electron chi connectivity index (χ4n) is 10.5. The summed E-state index contributed by atoms with van der Waals surface area (Å²) < 4.78 is 63.2. The summed E-state index contributed by atoms with van der Waals surface area (Å²) in [6.45, 7) is 7.07. The van der Waals surface area contributed by atoms with Gasteiger partial charge in [-0.25, -0.2) is 22.0 Å². The maximum atomic E-state index is 16.3. The number of carbonyl (C=O) groups excluding carboxylic acids is 2. The molecule has 0 spiro atoms. The standard InChI is InChI=1S/C44H55F2N5O6S/c1-42(54)25-51(26-42)40(52)31-10-14-36(15-11-31)58(55,56)37-16-12-35(13-17-37)50-28-43(46,29-50)27-49-22-18-32(19-23-49)44(30-48-20-5-21-48,33-6-3-7-34(45)24-33)38-8-4-9-39(38)47-41(53)57-2/h3,6-7,10-17,24,32,38-39,54H,4-5,8-9,18-23,25-30H2,1-2H3,(H,47,53)/t38-,39-,44-/m0/s1. The van der Waals surface area contributed by atoms with Crippen LogP contribution < -0.4 is 10.2 Å². The number of halogens is 2. The summed E-state index contributed by atoms with van der Waals surface area (Å²) in [6.07, 6.45) is 5.11. The summed E-state index contributed by atoms with van der Waals surface area (Å²) in [5, 5.41) is 13.1. The molecule has 58 heavy (non-hydrogen) atoms. The largest absolute Gasteiger partial charge is 0.453 e. The number of nitrogens with zero attached hydrogens (tertiary/aromatic N) is 4. The SMILES string of the molecule is COC(=O)N[C@H]1CCC[C@@H]1[C@](CN1CCC1)(c1cccc(F)c1)C1CCN(CC2(F)CN(c3ccc(S(=O)(=O)c4ccc(C(=O)N5CC(C)(O)C5)cc4)cc3)C2)CC1. The highest BCUT2D eigenvalue weighted by Crippen LogP contribution is 2.52. The summed E-state index contributed by atoms with van der Waals surface area (Å²) >= 11 is 0. The van der Waals surface area contributed by atoms with Gasteiger partial charge in [-0.15, -0.1) is 0 Å². The smallest absolute Gasteiger partial charge is 0.407 e. The van der Waals surface area contributed by atoms with Crippen molar-refractivity contribution < 1.29 is 36.6 Å². The van der Waals surface area contributed by atoms with Gasteiger partial charge in [0.1, 0.15) is 5.82 Å². The number of carbonyl (C=O) groups is 2. The predicted molar refractivity (Wildman–Crippen MR) is 216 cm³/mol. The minimum atomic E-state index is -3.85. The van der Waals surface area contributed by atoms with E-state index in [0.717, 1.165) is 82.5 Å². The molecule has 4 saturated heterocycles. The lowest BCUT2D eigenvalue weighted by Gasteiger charge is -2.54. The highest BCUT2D eigenvalue weighted by atomic mass is 32.2. The Kier molecular flexibility index (Phi) is 11.1. The van der Waals surface area contributed by atoms with Gasteiger partial charge >= 0.3 is 6.09 Å². The van der Waals surface area contributed by atoms with Gasteiger partial charge in [-0.1, -0.05) is 18.6 Å². The Morgan fingerprint density at radius 3 is 2.12 bits per heavy atom. The first-order valence-electron chi connectivity index (χ1n) is 20.6. The molecule has 1 aliphatic carbocycles. The third-order valence-electron chi connectivity index (χ3n) is 13.5. The van der Waals surface area contributed by atoms with Crippen LogP contribution >= 0.6 is 0 Å². The second-order valence-electron chi connectivity index (χ2n) is 17.7. The molecule has 2 amide bonds. The molecule has 11 nitrogen and oxygen atoms in total. The van der Waals surface area contributed by atoms with Gasteiger partial charge in [0, 0.05) is 35.8 Å². The van der Waals surface area contributed by atoms with Crippen LogP contribution in [-0.2, 0) is 20.0 Å². The van der Waals surface area contributed by atoms with Gasteiger partial charge in [-0.3, -0.25) is 9.69 Å². The number of alkyl halides is 1. The number of likely N-dealkylation sites (tertiary alicyclic amines) is 3. The number of amides is 2. The Bertz CT molecular complexity index is 2080. The van der Waals surface area contributed by atoms with Gasteiger partial charge in [0.25, 0.3) is 5.91 Å². The molecule has 0 radical (unpaired) electrons. The Morgan fingerprint density at radius 2 is 1.53 bits per heavy atom. The lowest BCUT2D eigenvalue weighted by atomic mass is 9.57. The number of alkyl carbamates (subject to hydrolysis) is 1. The molecule has 4 heterocycles. The molecule has 3 aromatic carbocycles. The van der Waals surface area contributed by atoms with Gasteiger partial charge in [0.15, 0.2) is 5.67 Å². The monoisotopic (exact) mass is 819 g/mol. The van der Waals surface area contributed by atoms with Crippen molar-refractivity contribution in [1.29, 1.82) is 0 Å². The summed E-state index contributed by atoms with van der Waals surface area (Å²) in [4.78, 5) is 33.5. The van der Waals surface area contributed by atoms with Crippen LogP contribution in [0.4, 0.5) is 19.3 Å². The zero-order valence-corrected chi connectivity index (χ0v) is 34.2. The lowest BCUT2D eigenvalue weighted by Crippen LogP contribution is -2.65. The summed E-state index contributed by atoms with van der Waals surface area (Å²) in [5.41, 5.74) is -0.617. The maximum Gasteiger partial charge on any atom is 0.407 e. The second kappa shape index (κ2) is 15.8. The third-order valence-corrected chi connectivity index (χ3v) is 15.3. The Morgan fingerprint density at radius 1 is 0.879 bits per heavy atom. The molecule has 1 saturated carbocycles. The molecule has 3 aromatic rings. The highest BCUT2D eigenvalue weighted by molar-refractivity contribution is 7.91. The van der Waals surface area contributed by atoms with Gasteiger partial charge in [-0.05, 0) is 143 Å². The van der Waals surface area contributed by atoms with E-state index < -0.39 is 32.6 Å². The minimum absolute atomic E-state index is 0.0672. The lowest BCUT2D eigenvalue weighted by molar-refractivity contribution is -0.0668. The van der Waals surface area contributed by atoms with E-state index in [1.165, 1.54) is 54.5 Å². The molecule has 0 bridgehead atoms. The topological polar surface area (TPSA) is 123 Å². The van der Waals surface area contributed by atoms with E-state index in [1.54, 1.807) is 31.2 Å². The van der Waals surface area contributed by atoms with Gasteiger partial charge in [-0.2, -0.15) is 0 Å². The molecule has 0 unspecified atom stereocenters. The van der Waals surface area contributed by atoms with Crippen LogP contribution in [0, 0.1) is 17.7 Å². The van der Waals surface area contributed by atoms with Crippen LogP contribution in [0.5, 0.6) is 0 Å². The van der Waals surface area contributed by atoms with E-state index in [4.69, 9.17) is 4.74 Å². The van der Waals surface area contributed by atoms with Crippen molar-refractivity contribution in [3.05, 3.63) is 89.7 Å². The first-order valence-corrected chi connectivity index (χ1v) is 22.1. The number of rotatable bonds is 12.